The number of benzene rings is 2. The maximum absolute atomic E-state index is 12.8. The second-order valence-electron chi connectivity index (χ2n) is 8.06. The molecule has 0 unspecified atom stereocenters. The molecule has 7 heteroatoms. The third kappa shape index (κ3) is 6.32. The molecule has 0 saturated carbocycles. The van der Waals surface area contributed by atoms with E-state index >= 15 is 0 Å². The van der Waals surface area contributed by atoms with Crippen LogP contribution in [0.4, 0.5) is 11.4 Å². The summed E-state index contributed by atoms with van der Waals surface area (Å²) in [5.74, 6) is -0.881. The molecule has 0 aliphatic rings. The Hall–Kier alpha value is -2.86. The van der Waals surface area contributed by atoms with Crippen molar-refractivity contribution >= 4 is 40.7 Å². The molecule has 0 aromatic heterocycles. The SMILES string of the molecule is CC(C)NC(=O)c1ccc(Cl)cc1NC(=O)c1cccc(NC(=O)C(C)(C)C)c1. The van der Waals surface area contributed by atoms with E-state index < -0.39 is 11.3 Å². The van der Waals surface area contributed by atoms with Crippen LogP contribution in [0.25, 0.3) is 0 Å². The van der Waals surface area contributed by atoms with E-state index in [1.54, 1.807) is 36.4 Å². The van der Waals surface area contributed by atoms with E-state index in [1.165, 1.54) is 6.07 Å². The number of nitrogens with one attached hydrogen (secondary N) is 3. The standard InChI is InChI=1S/C22H26ClN3O3/c1-13(2)24-20(28)17-10-9-15(23)12-18(17)26-19(27)14-7-6-8-16(11-14)25-21(29)22(3,4)5/h6-13H,1-5H3,(H,24,28)(H,25,29)(H,26,27). The summed E-state index contributed by atoms with van der Waals surface area (Å²) < 4.78 is 0. The van der Waals surface area contributed by atoms with E-state index in [-0.39, 0.29) is 17.9 Å². The molecule has 154 valence electrons. The highest BCUT2D eigenvalue weighted by molar-refractivity contribution is 6.31. The normalized spacial score (nSPS) is 11.1. The van der Waals surface area contributed by atoms with Gasteiger partial charge in [-0.05, 0) is 50.2 Å². The van der Waals surface area contributed by atoms with Crippen LogP contribution in [0.5, 0.6) is 0 Å². The predicted molar refractivity (Wildman–Crippen MR) is 117 cm³/mol. The highest BCUT2D eigenvalue weighted by Crippen LogP contribution is 2.23. The van der Waals surface area contributed by atoms with Crippen molar-refractivity contribution < 1.29 is 14.4 Å². The lowest BCUT2D eigenvalue weighted by Gasteiger charge is -2.18. The number of halogens is 1. The average molecular weight is 416 g/mol. The van der Waals surface area contributed by atoms with Gasteiger partial charge in [-0.25, -0.2) is 0 Å². The average Bonchev–Trinajstić information content (AvgIpc) is 2.60. The first-order valence-corrected chi connectivity index (χ1v) is 9.68. The van der Waals surface area contributed by atoms with Crippen molar-refractivity contribution in [2.75, 3.05) is 10.6 Å². The number of hydrogen-bond donors (Lipinski definition) is 3. The zero-order valence-electron chi connectivity index (χ0n) is 17.2. The predicted octanol–water partition coefficient (Wildman–Crippen LogP) is 4.72. The van der Waals surface area contributed by atoms with Gasteiger partial charge in [-0.1, -0.05) is 38.4 Å². The third-order valence-electron chi connectivity index (χ3n) is 3.96. The molecule has 0 radical (unpaired) electrons. The van der Waals surface area contributed by atoms with Gasteiger partial charge in [0.1, 0.15) is 0 Å². The van der Waals surface area contributed by atoms with Gasteiger partial charge in [-0.15, -0.1) is 0 Å². The molecule has 0 saturated heterocycles. The molecule has 0 bridgehead atoms. The summed E-state index contributed by atoms with van der Waals surface area (Å²) in [7, 11) is 0. The topological polar surface area (TPSA) is 87.3 Å². The molecule has 0 aliphatic heterocycles. The molecule has 0 fully saturated rings. The number of amides is 3. The second kappa shape index (κ2) is 9.09. The summed E-state index contributed by atoms with van der Waals surface area (Å²) in [5.41, 5.74) is 0.921. The van der Waals surface area contributed by atoms with Crippen LogP contribution in [0.3, 0.4) is 0 Å². The number of rotatable bonds is 5. The minimum Gasteiger partial charge on any atom is -0.350 e. The molecule has 29 heavy (non-hydrogen) atoms. The molecule has 0 atom stereocenters. The van der Waals surface area contributed by atoms with Gasteiger partial charge in [-0.2, -0.15) is 0 Å². The van der Waals surface area contributed by atoms with E-state index in [2.05, 4.69) is 16.0 Å². The molecule has 2 rings (SSSR count). The molecule has 3 amide bonds. The maximum Gasteiger partial charge on any atom is 0.255 e. The number of carbonyl (C=O) groups is 3. The van der Waals surface area contributed by atoms with Crippen molar-refractivity contribution in [2.45, 2.75) is 40.7 Å². The summed E-state index contributed by atoms with van der Waals surface area (Å²) in [5, 5.41) is 8.72. The van der Waals surface area contributed by atoms with Crippen LogP contribution in [0.1, 0.15) is 55.3 Å². The second-order valence-corrected chi connectivity index (χ2v) is 8.49. The van der Waals surface area contributed by atoms with Gasteiger partial charge in [-0.3, -0.25) is 14.4 Å². The minimum atomic E-state index is -0.558. The fourth-order valence-corrected chi connectivity index (χ4v) is 2.58. The summed E-state index contributed by atoms with van der Waals surface area (Å²) in [6.45, 7) is 9.12. The van der Waals surface area contributed by atoms with Gasteiger partial charge in [0.05, 0.1) is 11.3 Å². The fourth-order valence-electron chi connectivity index (χ4n) is 2.41. The highest BCUT2D eigenvalue weighted by Gasteiger charge is 2.21. The first-order chi connectivity index (χ1) is 13.5. The molecule has 2 aromatic rings. The Morgan fingerprint density at radius 3 is 2.24 bits per heavy atom. The lowest BCUT2D eigenvalue weighted by molar-refractivity contribution is -0.123. The van der Waals surface area contributed by atoms with Crippen LogP contribution >= 0.6 is 11.6 Å². The monoisotopic (exact) mass is 415 g/mol. The molecule has 3 N–H and O–H groups in total. The van der Waals surface area contributed by atoms with Crippen LogP contribution in [0.2, 0.25) is 5.02 Å². The Morgan fingerprint density at radius 1 is 0.931 bits per heavy atom. The lowest BCUT2D eigenvalue weighted by Crippen LogP contribution is -2.31. The smallest absolute Gasteiger partial charge is 0.255 e. The summed E-state index contributed by atoms with van der Waals surface area (Å²) in [6.07, 6.45) is 0. The number of carbonyl (C=O) groups excluding carboxylic acids is 3. The van der Waals surface area contributed by atoms with Crippen LogP contribution < -0.4 is 16.0 Å². The third-order valence-corrected chi connectivity index (χ3v) is 4.19. The maximum atomic E-state index is 12.8. The van der Waals surface area contributed by atoms with Crippen molar-refractivity contribution in [1.82, 2.24) is 5.32 Å². The van der Waals surface area contributed by atoms with Crippen LogP contribution in [-0.4, -0.2) is 23.8 Å². The van der Waals surface area contributed by atoms with Crippen molar-refractivity contribution in [2.24, 2.45) is 5.41 Å². The quantitative estimate of drug-likeness (QED) is 0.660. The van der Waals surface area contributed by atoms with Crippen molar-refractivity contribution in [3.63, 3.8) is 0 Å². The van der Waals surface area contributed by atoms with Crippen molar-refractivity contribution in [1.29, 1.82) is 0 Å². The van der Waals surface area contributed by atoms with Gasteiger partial charge >= 0.3 is 0 Å². The molecule has 2 aromatic carbocycles. The van der Waals surface area contributed by atoms with Crippen molar-refractivity contribution in [3.8, 4) is 0 Å². The Bertz CT molecular complexity index is 933. The summed E-state index contributed by atoms with van der Waals surface area (Å²) in [6, 6.07) is 11.2. The molecule has 0 heterocycles. The van der Waals surface area contributed by atoms with Gasteiger partial charge in [0.25, 0.3) is 11.8 Å². The zero-order valence-corrected chi connectivity index (χ0v) is 18.0. The summed E-state index contributed by atoms with van der Waals surface area (Å²) >= 11 is 6.05. The molecule has 6 nitrogen and oxygen atoms in total. The highest BCUT2D eigenvalue weighted by atomic mass is 35.5. The fraction of sp³-hybridized carbons (Fsp3) is 0.318. The molecule has 0 spiro atoms. The first-order valence-electron chi connectivity index (χ1n) is 9.30. The minimum absolute atomic E-state index is 0.0511. The van der Waals surface area contributed by atoms with Crippen LogP contribution in [0.15, 0.2) is 42.5 Å². The zero-order chi connectivity index (χ0) is 21.8. The molecular weight excluding hydrogens is 390 g/mol. The largest absolute Gasteiger partial charge is 0.350 e. The van der Waals surface area contributed by atoms with Gasteiger partial charge in [0.15, 0.2) is 0 Å². The van der Waals surface area contributed by atoms with E-state index in [0.717, 1.165) is 0 Å². The van der Waals surface area contributed by atoms with E-state index in [4.69, 9.17) is 11.6 Å². The first kappa shape index (κ1) is 22.4. The molecule has 0 aliphatic carbocycles. The number of hydrogen-bond acceptors (Lipinski definition) is 3. The van der Waals surface area contributed by atoms with Gasteiger partial charge in [0, 0.05) is 27.7 Å². The van der Waals surface area contributed by atoms with E-state index in [0.29, 0.717) is 27.5 Å². The van der Waals surface area contributed by atoms with Gasteiger partial charge in [0.2, 0.25) is 5.91 Å². The van der Waals surface area contributed by atoms with Gasteiger partial charge < -0.3 is 16.0 Å². The van der Waals surface area contributed by atoms with Crippen molar-refractivity contribution in [3.05, 3.63) is 58.6 Å². The van der Waals surface area contributed by atoms with E-state index in [1.807, 2.05) is 34.6 Å². The Labute approximate surface area is 176 Å². The lowest BCUT2D eigenvalue weighted by atomic mass is 9.95. The van der Waals surface area contributed by atoms with Crippen LogP contribution in [0, 0.1) is 5.41 Å². The van der Waals surface area contributed by atoms with E-state index in [9.17, 15) is 14.4 Å². The number of anilines is 2. The van der Waals surface area contributed by atoms with Crippen LogP contribution in [-0.2, 0) is 4.79 Å². The Balaban J connectivity index is 2.25. The Morgan fingerprint density at radius 2 is 1.62 bits per heavy atom. The Kier molecular flexibility index (Phi) is 7.03. The molecular formula is C22H26ClN3O3. The summed E-state index contributed by atoms with van der Waals surface area (Å²) in [4.78, 5) is 37.4.